The molecule has 1 aliphatic rings. The lowest BCUT2D eigenvalue weighted by Gasteiger charge is -2.31. The van der Waals surface area contributed by atoms with Crippen molar-refractivity contribution in [2.75, 3.05) is 29.0 Å². The molecule has 1 aromatic carbocycles. The summed E-state index contributed by atoms with van der Waals surface area (Å²) in [5.41, 5.74) is 3.00. The second-order valence-electron chi connectivity index (χ2n) is 4.54. The Morgan fingerprint density at radius 2 is 2.17 bits per heavy atom. The van der Waals surface area contributed by atoms with Gasteiger partial charge in [-0.25, -0.2) is 8.42 Å². The summed E-state index contributed by atoms with van der Waals surface area (Å²) in [7, 11) is -1.30. The number of hydrogen-bond donors (Lipinski definition) is 1. The van der Waals surface area contributed by atoms with Crippen LogP contribution in [0.4, 0.5) is 11.4 Å². The molecule has 0 spiro atoms. The molecular formula is C13H20N2O2S. The lowest BCUT2D eigenvalue weighted by molar-refractivity contribution is 0.585. The van der Waals surface area contributed by atoms with Crippen molar-refractivity contribution in [1.82, 2.24) is 0 Å². The summed E-state index contributed by atoms with van der Waals surface area (Å²) < 4.78 is 26.1. The second-order valence-corrected chi connectivity index (χ2v) is 6.56. The van der Waals surface area contributed by atoms with Crippen molar-refractivity contribution in [2.24, 2.45) is 0 Å². The van der Waals surface area contributed by atoms with Crippen molar-refractivity contribution in [3.8, 4) is 0 Å². The fraction of sp³-hybridized carbons (Fsp3) is 0.538. The van der Waals surface area contributed by atoms with E-state index in [1.807, 2.05) is 32.2 Å². The van der Waals surface area contributed by atoms with Gasteiger partial charge in [0.25, 0.3) is 0 Å². The molecule has 1 N–H and O–H groups in total. The van der Waals surface area contributed by atoms with Gasteiger partial charge in [0.05, 0.1) is 11.4 Å². The molecule has 5 heteroatoms. The van der Waals surface area contributed by atoms with Gasteiger partial charge in [0.1, 0.15) is 0 Å². The molecule has 0 aromatic heterocycles. The zero-order valence-electron chi connectivity index (χ0n) is 10.9. The normalized spacial score (nSPS) is 15.3. The number of hydrogen-bond acceptors (Lipinski definition) is 3. The number of nitrogens with zero attached hydrogens (tertiary/aromatic N) is 1. The first-order chi connectivity index (χ1) is 8.60. The third kappa shape index (κ3) is 2.32. The van der Waals surface area contributed by atoms with Crippen LogP contribution in [0.5, 0.6) is 0 Å². The fourth-order valence-corrected chi connectivity index (χ4v) is 4.10. The van der Waals surface area contributed by atoms with Crippen molar-refractivity contribution in [1.29, 1.82) is 0 Å². The van der Waals surface area contributed by atoms with Crippen LogP contribution in [0, 0.1) is 0 Å². The van der Waals surface area contributed by atoms with Crippen molar-refractivity contribution < 1.29 is 8.42 Å². The average molecular weight is 268 g/mol. The number of nitrogens with one attached hydrogen (secondary N) is 1. The Morgan fingerprint density at radius 3 is 2.83 bits per heavy atom. The lowest BCUT2D eigenvalue weighted by Crippen LogP contribution is -2.37. The molecule has 0 unspecified atom stereocenters. The molecule has 1 aromatic rings. The first-order valence-corrected chi connectivity index (χ1v) is 8.01. The number of sulfonamides is 1. The summed E-state index contributed by atoms with van der Waals surface area (Å²) in [6, 6.07) is 5.81. The van der Waals surface area contributed by atoms with Crippen molar-refractivity contribution in [2.45, 2.75) is 26.2 Å². The number of fused-ring (bicyclic) bond motifs is 1. The van der Waals surface area contributed by atoms with Crippen molar-refractivity contribution in [3.63, 3.8) is 0 Å². The summed E-state index contributed by atoms with van der Waals surface area (Å²) in [4.78, 5) is 0. The molecule has 0 aliphatic carbocycles. The number of rotatable bonds is 4. The van der Waals surface area contributed by atoms with Crippen LogP contribution in [0.3, 0.4) is 0 Å². The van der Waals surface area contributed by atoms with Gasteiger partial charge in [-0.1, -0.05) is 13.0 Å². The maximum atomic E-state index is 12.3. The highest BCUT2D eigenvalue weighted by molar-refractivity contribution is 7.92. The quantitative estimate of drug-likeness (QED) is 0.911. The number of anilines is 2. The molecular weight excluding hydrogens is 248 g/mol. The van der Waals surface area contributed by atoms with Crippen LogP contribution in [0.2, 0.25) is 0 Å². The van der Waals surface area contributed by atoms with Crippen LogP contribution in [0.25, 0.3) is 0 Å². The summed E-state index contributed by atoms with van der Waals surface area (Å²) in [5, 5.41) is 3.14. The van der Waals surface area contributed by atoms with Crippen LogP contribution in [0.1, 0.15) is 25.3 Å². The SMILES string of the molecule is CCCS(=O)(=O)N1CCCc2c(NC)cccc21. The molecule has 0 radical (unpaired) electrons. The monoisotopic (exact) mass is 268 g/mol. The van der Waals surface area contributed by atoms with Gasteiger partial charge in [0.2, 0.25) is 10.0 Å². The average Bonchev–Trinajstić information content (AvgIpc) is 2.37. The van der Waals surface area contributed by atoms with Gasteiger partial charge in [0, 0.05) is 19.3 Å². The van der Waals surface area contributed by atoms with Crippen LogP contribution >= 0.6 is 0 Å². The molecule has 0 fully saturated rings. The molecule has 0 amide bonds. The predicted octanol–water partition coefficient (Wildman–Crippen LogP) is 2.22. The molecule has 0 saturated carbocycles. The first kappa shape index (κ1) is 13.2. The fourth-order valence-electron chi connectivity index (χ4n) is 2.48. The third-order valence-electron chi connectivity index (χ3n) is 3.28. The van der Waals surface area contributed by atoms with Gasteiger partial charge in [0.15, 0.2) is 0 Å². The van der Waals surface area contributed by atoms with E-state index in [2.05, 4.69) is 5.32 Å². The molecule has 0 saturated heterocycles. The van der Waals surface area contributed by atoms with Crippen LogP contribution in [0.15, 0.2) is 18.2 Å². The van der Waals surface area contributed by atoms with Gasteiger partial charge in [-0.3, -0.25) is 4.31 Å². The van der Waals surface area contributed by atoms with Gasteiger partial charge < -0.3 is 5.32 Å². The summed E-state index contributed by atoms with van der Waals surface area (Å²) >= 11 is 0. The van der Waals surface area contributed by atoms with Gasteiger partial charge in [-0.15, -0.1) is 0 Å². The Morgan fingerprint density at radius 1 is 1.39 bits per heavy atom. The summed E-state index contributed by atoms with van der Waals surface area (Å²) in [5.74, 6) is 0.218. The highest BCUT2D eigenvalue weighted by Crippen LogP contribution is 2.34. The Hall–Kier alpha value is -1.23. The molecule has 1 heterocycles. The van der Waals surface area contributed by atoms with E-state index in [0.717, 1.165) is 29.8 Å². The minimum atomic E-state index is -3.17. The third-order valence-corrected chi connectivity index (χ3v) is 5.25. The largest absolute Gasteiger partial charge is 0.388 e. The van der Waals surface area contributed by atoms with Crippen molar-refractivity contribution in [3.05, 3.63) is 23.8 Å². The first-order valence-electron chi connectivity index (χ1n) is 6.40. The molecule has 0 atom stereocenters. The van der Waals surface area contributed by atoms with E-state index < -0.39 is 10.0 Å². The number of benzene rings is 1. The predicted molar refractivity (Wildman–Crippen MR) is 75.7 cm³/mol. The minimum absolute atomic E-state index is 0.218. The highest BCUT2D eigenvalue weighted by atomic mass is 32.2. The summed E-state index contributed by atoms with van der Waals surface area (Å²) in [6.07, 6.45) is 2.47. The maximum absolute atomic E-state index is 12.3. The van der Waals surface area contributed by atoms with Gasteiger partial charge in [-0.2, -0.15) is 0 Å². The molecule has 2 rings (SSSR count). The minimum Gasteiger partial charge on any atom is -0.388 e. The summed E-state index contributed by atoms with van der Waals surface area (Å²) in [6.45, 7) is 2.49. The van der Waals surface area contributed by atoms with E-state index in [4.69, 9.17) is 0 Å². The second kappa shape index (κ2) is 5.18. The Balaban J connectivity index is 2.46. The molecule has 0 bridgehead atoms. The highest BCUT2D eigenvalue weighted by Gasteiger charge is 2.27. The van der Waals surface area contributed by atoms with E-state index in [1.165, 1.54) is 0 Å². The zero-order valence-corrected chi connectivity index (χ0v) is 11.8. The van der Waals surface area contributed by atoms with E-state index >= 15 is 0 Å². The molecule has 4 nitrogen and oxygen atoms in total. The Labute approximate surface area is 109 Å². The van der Waals surface area contributed by atoms with Crippen LogP contribution < -0.4 is 9.62 Å². The lowest BCUT2D eigenvalue weighted by atomic mass is 10.0. The smallest absolute Gasteiger partial charge is 0.235 e. The van der Waals surface area contributed by atoms with E-state index in [0.29, 0.717) is 13.0 Å². The Kier molecular flexibility index (Phi) is 3.80. The zero-order chi connectivity index (χ0) is 13.2. The van der Waals surface area contributed by atoms with Gasteiger partial charge >= 0.3 is 0 Å². The van der Waals surface area contributed by atoms with Gasteiger partial charge in [-0.05, 0) is 37.0 Å². The topological polar surface area (TPSA) is 49.4 Å². The maximum Gasteiger partial charge on any atom is 0.235 e. The van der Waals surface area contributed by atoms with E-state index in [9.17, 15) is 8.42 Å². The molecule has 1 aliphatic heterocycles. The van der Waals surface area contributed by atoms with Crippen molar-refractivity contribution >= 4 is 21.4 Å². The van der Waals surface area contributed by atoms with E-state index in [1.54, 1.807) is 4.31 Å². The standard InChI is InChI=1S/C13H20N2O2S/c1-3-10-18(16,17)15-9-5-6-11-12(14-2)7-4-8-13(11)15/h4,7-8,14H,3,5-6,9-10H2,1-2H3. The Bertz CT molecular complexity index is 526. The van der Waals surface area contributed by atoms with E-state index in [-0.39, 0.29) is 5.75 Å². The molecule has 18 heavy (non-hydrogen) atoms. The van der Waals surface area contributed by atoms with Crippen LogP contribution in [-0.4, -0.2) is 27.8 Å². The van der Waals surface area contributed by atoms with Crippen LogP contribution in [-0.2, 0) is 16.4 Å². The molecule has 100 valence electrons.